The van der Waals surface area contributed by atoms with Crippen LogP contribution in [0.1, 0.15) is 37.8 Å². The number of hydrogen-bond acceptors (Lipinski definition) is 1. The van der Waals surface area contributed by atoms with Crippen molar-refractivity contribution in [3.63, 3.8) is 0 Å². The predicted molar refractivity (Wildman–Crippen MR) is 66.3 cm³/mol. The first-order chi connectivity index (χ1) is 7.17. The van der Waals surface area contributed by atoms with Crippen molar-refractivity contribution in [3.05, 3.63) is 35.9 Å². The maximum atomic E-state index is 5.85. The molecule has 1 unspecified atom stereocenters. The molecule has 1 nitrogen and oxygen atoms in total. The summed E-state index contributed by atoms with van der Waals surface area (Å²) in [5.74, 6) is 0.988. The van der Waals surface area contributed by atoms with Crippen molar-refractivity contribution in [2.24, 2.45) is 0 Å². The Hall–Kier alpha value is -1.24. The Kier molecular flexibility index (Phi) is 4.41. The van der Waals surface area contributed by atoms with E-state index in [-0.39, 0.29) is 0 Å². The van der Waals surface area contributed by atoms with Crippen molar-refractivity contribution in [3.8, 4) is 5.75 Å². The smallest absolute Gasteiger partial charge is 0.122 e. The highest BCUT2D eigenvalue weighted by atomic mass is 16.5. The van der Waals surface area contributed by atoms with Crippen molar-refractivity contribution in [2.45, 2.75) is 39.7 Å². The maximum absolute atomic E-state index is 5.85. The molecule has 1 aromatic rings. The van der Waals surface area contributed by atoms with Crippen molar-refractivity contribution in [2.75, 3.05) is 0 Å². The quantitative estimate of drug-likeness (QED) is 0.698. The lowest BCUT2D eigenvalue weighted by Gasteiger charge is -2.15. The number of aryl methyl sites for hydroxylation is 1. The van der Waals surface area contributed by atoms with Crippen LogP contribution in [0.3, 0.4) is 0 Å². The molecule has 0 aliphatic heterocycles. The molecule has 1 heteroatoms. The average Bonchev–Trinajstić information content (AvgIpc) is 2.21. The molecule has 1 atom stereocenters. The van der Waals surface area contributed by atoms with E-state index in [2.05, 4.69) is 33.4 Å². The van der Waals surface area contributed by atoms with Crippen LogP contribution in [0.25, 0.3) is 6.08 Å². The molecule has 0 amide bonds. The summed E-state index contributed by atoms with van der Waals surface area (Å²) in [6.45, 7) is 10.1. The summed E-state index contributed by atoms with van der Waals surface area (Å²) >= 11 is 0. The van der Waals surface area contributed by atoms with Crippen molar-refractivity contribution in [1.29, 1.82) is 0 Å². The third kappa shape index (κ3) is 3.43. The first-order valence-corrected chi connectivity index (χ1v) is 5.57. The molecule has 0 saturated heterocycles. The largest absolute Gasteiger partial charge is 0.490 e. The summed E-state index contributed by atoms with van der Waals surface area (Å²) < 4.78 is 5.85. The molecule has 0 saturated carbocycles. The highest BCUT2D eigenvalue weighted by Gasteiger charge is 2.05. The molecule has 0 radical (unpaired) electrons. The number of hydrogen-bond donors (Lipinski definition) is 0. The van der Waals surface area contributed by atoms with E-state index in [4.69, 9.17) is 4.74 Å². The van der Waals surface area contributed by atoms with Crippen molar-refractivity contribution >= 4 is 6.08 Å². The summed E-state index contributed by atoms with van der Waals surface area (Å²) in [7, 11) is 0. The SMILES string of the molecule is C=Cc1ccc(OC(C)CCC)c(C)c1. The maximum Gasteiger partial charge on any atom is 0.122 e. The van der Waals surface area contributed by atoms with Gasteiger partial charge in [0.05, 0.1) is 6.10 Å². The van der Waals surface area contributed by atoms with Gasteiger partial charge in [0.1, 0.15) is 5.75 Å². The summed E-state index contributed by atoms with van der Waals surface area (Å²) in [6, 6.07) is 6.16. The fourth-order valence-electron chi connectivity index (χ4n) is 1.61. The second-order valence-corrected chi connectivity index (χ2v) is 3.95. The highest BCUT2D eigenvalue weighted by Crippen LogP contribution is 2.21. The van der Waals surface area contributed by atoms with Gasteiger partial charge in [0.25, 0.3) is 0 Å². The van der Waals surface area contributed by atoms with Crippen molar-refractivity contribution in [1.82, 2.24) is 0 Å². The Morgan fingerprint density at radius 1 is 1.47 bits per heavy atom. The number of rotatable bonds is 5. The lowest BCUT2D eigenvalue weighted by atomic mass is 10.1. The molecule has 15 heavy (non-hydrogen) atoms. The van der Waals surface area contributed by atoms with Gasteiger partial charge in [-0.1, -0.05) is 32.1 Å². The normalized spacial score (nSPS) is 12.2. The Balaban J connectivity index is 2.73. The molecule has 1 aromatic carbocycles. The van der Waals surface area contributed by atoms with Crippen molar-refractivity contribution < 1.29 is 4.74 Å². The second-order valence-electron chi connectivity index (χ2n) is 3.95. The van der Waals surface area contributed by atoms with Crippen LogP contribution in [-0.2, 0) is 0 Å². The van der Waals surface area contributed by atoms with Gasteiger partial charge in [0.15, 0.2) is 0 Å². The van der Waals surface area contributed by atoms with Gasteiger partial charge >= 0.3 is 0 Å². The minimum Gasteiger partial charge on any atom is -0.490 e. The minimum absolute atomic E-state index is 0.295. The van der Waals surface area contributed by atoms with Crippen LogP contribution in [0.2, 0.25) is 0 Å². The summed E-state index contributed by atoms with van der Waals surface area (Å²) in [4.78, 5) is 0. The molecule has 0 aromatic heterocycles. The Bertz CT molecular complexity index is 328. The molecule has 0 fully saturated rings. The van der Waals surface area contributed by atoms with E-state index in [1.165, 1.54) is 5.56 Å². The van der Waals surface area contributed by atoms with Crippen LogP contribution < -0.4 is 4.74 Å². The topological polar surface area (TPSA) is 9.23 Å². The van der Waals surface area contributed by atoms with E-state index in [9.17, 15) is 0 Å². The molecule has 0 spiro atoms. The molecule has 0 bridgehead atoms. The summed E-state index contributed by atoms with van der Waals surface area (Å²) in [6.07, 6.45) is 4.41. The van der Waals surface area contributed by atoms with Gasteiger partial charge in [-0.2, -0.15) is 0 Å². The summed E-state index contributed by atoms with van der Waals surface area (Å²) in [5.41, 5.74) is 2.32. The Morgan fingerprint density at radius 3 is 2.73 bits per heavy atom. The zero-order valence-corrected chi connectivity index (χ0v) is 9.92. The number of ether oxygens (including phenoxy) is 1. The monoisotopic (exact) mass is 204 g/mol. The third-order valence-corrected chi connectivity index (χ3v) is 2.46. The fourth-order valence-corrected chi connectivity index (χ4v) is 1.61. The molecular weight excluding hydrogens is 184 g/mol. The van der Waals surface area contributed by atoms with E-state index >= 15 is 0 Å². The van der Waals surface area contributed by atoms with Gasteiger partial charge in [-0.15, -0.1) is 0 Å². The van der Waals surface area contributed by atoms with E-state index in [1.807, 2.05) is 18.2 Å². The fraction of sp³-hybridized carbons (Fsp3) is 0.429. The van der Waals surface area contributed by atoms with Crippen LogP contribution in [0, 0.1) is 6.92 Å². The Morgan fingerprint density at radius 2 is 2.20 bits per heavy atom. The molecule has 1 rings (SSSR count). The van der Waals surface area contributed by atoms with E-state index < -0.39 is 0 Å². The Labute approximate surface area is 92.8 Å². The second kappa shape index (κ2) is 5.59. The first kappa shape index (κ1) is 11.8. The van der Waals surface area contributed by atoms with Crippen LogP contribution in [0.5, 0.6) is 5.75 Å². The lowest BCUT2D eigenvalue weighted by Crippen LogP contribution is -2.11. The van der Waals surface area contributed by atoms with Crippen LogP contribution >= 0.6 is 0 Å². The summed E-state index contributed by atoms with van der Waals surface area (Å²) in [5, 5.41) is 0. The van der Waals surface area contributed by atoms with Crippen LogP contribution in [-0.4, -0.2) is 6.10 Å². The minimum atomic E-state index is 0.295. The molecule has 82 valence electrons. The molecular formula is C14H20O. The van der Waals surface area contributed by atoms with Gasteiger partial charge in [0.2, 0.25) is 0 Å². The van der Waals surface area contributed by atoms with Gasteiger partial charge in [-0.05, 0) is 43.5 Å². The standard InChI is InChI=1S/C14H20O/c1-5-7-12(4)15-14-9-8-13(6-2)10-11(14)3/h6,8-10,12H,2,5,7H2,1,3-4H3. The third-order valence-electron chi connectivity index (χ3n) is 2.46. The molecule has 0 heterocycles. The van der Waals surface area contributed by atoms with Crippen LogP contribution in [0.4, 0.5) is 0 Å². The highest BCUT2D eigenvalue weighted by molar-refractivity contribution is 5.51. The molecule has 0 aliphatic carbocycles. The van der Waals surface area contributed by atoms with E-state index in [0.29, 0.717) is 6.10 Å². The zero-order chi connectivity index (χ0) is 11.3. The predicted octanol–water partition coefficient (Wildman–Crippen LogP) is 4.21. The lowest BCUT2D eigenvalue weighted by molar-refractivity contribution is 0.208. The zero-order valence-electron chi connectivity index (χ0n) is 9.92. The molecule has 0 N–H and O–H groups in total. The molecule has 0 aliphatic rings. The van der Waals surface area contributed by atoms with E-state index in [0.717, 1.165) is 24.2 Å². The first-order valence-electron chi connectivity index (χ1n) is 5.57. The van der Waals surface area contributed by atoms with Gasteiger partial charge < -0.3 is 4.74 Å². The number of benzene rings is 1. The van der Waals surface area contributed by atoms with Crippen LogP contribution in [0.15, 0.2) is 24.8 Å². The average molecular weight is 204 g/mol. The van der Waals surface area contributed by atoms with Gasteiger partial charge in [0, 0.05) is 0 Å². The van der Waals surface area contributed by atoms with Gasteiger partial charge in [-0.3, -0.25) is 0 Å². The van der Waals surface area contributed by atoms with Gasteiger partial charge in [-0.25, -0.2) is 0 Å². The van der Waals surface area contributed by atoms with E-state index in [1.54, 1.807) is 0 Å².